The maximum absolute atomic E-state index is 10.8. The number of aliphatic hydroxyl groups excluding tert-OH is 1. The molecule has 20 heavy (non-hydrogen) atoms. The largest absolute Gasteiger partial charge is 0.493 e. The number of nitrogens with zero attached hydrogens (tertiary/aromatic N) is 2. The third-order valence-corrected chi connectivity index (χ3v) is 3.27. The number of aromatic nitrogens is 2. The van der Waals surface area contributed by atoms with Crippen molar-refractivity contribution in [2.75, 3.05) is 13.7 Å². The molecule has 0 aliphatic rings. The molecule has 0 amide bonds. The molecule has 0 saturated heterocycles. The molecule has 1 N–H and O–H groups in total. The molecule has 1 aromatic rings. The fourth-order valence-corrected chi connectivity index (χ4v) is 2.34. The monoisotopic (exact) mass is 284 g/mol. The molecule has 116 valence electrons. The molecule has 0 spiro atoms. The Morgan fingerprint density at radius 1 is 1.35 bits per heavy atom. The average molecular weight is 284 g/mol. The van der Waals surface area contributed by atoms with Crippen molar-refractivity contribution in [1.82, 2.24) is 9.78 Å². The summed E-state index contributed by atoms with van der Waals surface area (Å²) in [6, 6.07) is 0.144. The van der Waals surface area contributed by atoms with Crippen LogP contribution in [0.5, 0.6) is 5.75 Å². The molecule has 2 atom stereocenters. The Hall–Kier alpha value is -1.07. The predicted molar refractivity (Wildman–Crippen MR) is 79.0 cm³/mol. The summed E-state index contributed by atoms with van der Waals surface area (Å²) in [6.07, 6.45) is 0.537. The highest BCUT2D eigenvalue weighted by atomic mass is 16.5. The number of ether oxygens (including phenoxy) is 2. The second-order valence-corrected chi connectivity index (χ2v) is 6.32. The zero-order chi connectivity index (χ0) is 15.5. The van der Waals surface area contributed by atoms with Crippen molar-refractivity contribution in [3.05, 3.63) is 11.9 Å². The SMILES string of the molecule is CCOC(C(O)c1c(OC)cnn1C(C)C)C(C)(C)C. The van der Waals surface area contributed by atoms with E-state index >= 15 is 0 Å². The summed E-state index contributed by atoms with van der Waals surface area (Å²) < 4.78 is 12.9. The van der Waals surface area contributed by atoms with Crippen molar-refractivity contribution in [2.24, 2.45) is 5.41 Å². The van der Waals surface area contributed by atoms with Crippen LogP contribution in [0.15, 0.2) is 6.20 Å². The van der Waals surface area contributed by atoms with E-state index in [0.29, 0.717) is 18.1 Å². The fraction of sp³-hybridized carbons (Fsp3) is 0.800. The van der Waals surface area contributed by atoms with Gasteiger partial charge >= 0.3 is 0 Å². The zero-order valence-corrected chi connectivity index (χ0v) is 13.7. The molecule has 0 saturated carbocycles. The molecule has 0 aliphatic heterocycles. The highest BCUT2D eigenvalue weighted by Gasteiger charge is 2.36. The van der Waals surface area contributed by atoms with E-state index in [1.807, 2.05) is 20.8 Å². The topological polar surface area (TPSA) is 56.5 Å². The van der Waals surface area contributed by atoms with Crippen LogP contribution in [-0.4, -0.2) is 34.7 Å². The van der Waals surface area contributed by atoms with Gasteiger partial charge in [-0.1, -0.05) is 20.8 Å². The molecular weight excluding hydrogens is 256 g/mol. The van der Waals surface area contributed by atoms with Crippen molar-refractivity contribution in [3.8, 4) is 5.75 Å². The van der Waals surface area contributed by atoms with E-state index in [0.717, 1.165) is 0 Å². The molecule has 2 unspecified atom stereocenters. The van der Waals surface area contributed by atoms with Crippen LogP contribution in [0.1, 0.15) is 59.4 Å². The van der Waals surface area contributed by atoms with Crippen LogP contribution in [0.3, 0.4) is 0 Å². The molecule has 0 aliphatic carbocycles. The van der Waals surface area contributed by atoms with Crippen molar-refractivity contribution < 1.29 is 14.6 Å². The highest BCUT2D eigenvalue weighted by molar-refractivity contribution is 5.29. The summed E-state index contributed by atoms with van der Waals surface area (Å²) in [4.78, 5) is 0. The van der Waals surface area contributed by atoms with Crippen LogP contribution < -0.4 is 4.74 Å². The van der Waals surface area contributed by atoms with E-state index in [2.05, 4.69) is 25.9 Å². The zero-order valence-electron chi connectivity index (χ0n) is 13.7. The van der Waals surface area contributed by atoms with Gasteiger partial charge in [-0.2, -0.15) is 5.10 Å². The van der Waals surface area contributed by atoms with E-state index < -0.39 is 6.10 Å². The van der Waals surface area contributed by atoms with Gasteiger partial charge in [0.05, 0.1) is 19.4 Å². The Morgan fingerprint density at radius 3 is 2.35 bits per heavy atom. The summed E-state index contributed by atoms with van der Waals surface area (Å²) in [5.74, 6) is 0.597. The first-order chi connectivity index (χ1) is 9.23. The van der Waals surface area contributed by atoms with E-state index in [-0.39, 0.29) is 17.6 Å². The quantitative estimate of drug-likeness (QED) is 0.872. The van der Waals surface area contributed by atoms with Gasteiger partial charge in [-0.15, -0.1) is 0 Å². The van der Waals surface area contributed by atoms with Gasteiger partial charge in [-0.3, -0.25) is 4.68 Å². The van der Waals surface area contributed by atoms with Crippen LogP contribution in [0.25, 0.3) is 0 Å². The second-order valence-electron chi connectivity index (χ2n) is 6.32. The Bertz CT molecular complexity index is 421. The molecule has 0 bridgehead atoms. The normalized spacial score (nSPS) is 15.4. The molecule has 1 aromatic heterocycles. The van der Waals surface area contributed by atoms with Crippen LogP contribution in [-0.2, 0) is 4.74 Å². The number of rotatable bonds is 6. The van der Waals surface area contributed by atoms with Gasteiger partial charge in [0, 0.05) is 12.6 Å². The Balaban J connectivity index is 3.23. The van der Waals surface area contributed by atoms with Crippen molar-refractivity contribution in [3.63, 3.8) is 0 Å². The Labute approximate surface area is 121 Å². The molecule has 5 nitrogen and oxygen atoms in total. The number of aliphatic hydroxyl groups is 1. The van der Waals surface area contributed by atoms with Crippen LogP contribution in [0.2, 0.25) is 0 Å². The van der Waals surface area contributed by atoms with E-state index in [1.54, 1.807) is 18.0 Å². The fourth-order valence-electron chi connectivity index (χ4n) is 2.34. The summed E-state index contributed by atoms with van der Waals surface area (Å²) in [5, 5.41) is 15.1. The predicted octanol–water partition coefficient (Wildman–Crippen LogP) is 2.96. The van der Waals surface area contributed by atoms with Crippen LogP contribution >= 0.6 is 0 Å². The number of hydrogen-bond donors (Lipinski definition) is 1. The lowest BCUT2D eigenvalue weighted by molar-refractivity contribution is -0.0934. The van der Waals surface area contributed by atoms with Gasteiger partial charge in [-0.25, -0.2) is 0 Å². The Kier molecular flexibility index (Phi) is 5.59. The van der Waals surface area contributed by atoms with E-state index in [4.69, 9.17) is 9.47 Å². The smallest absolute Gasteiger partial charge is 0.162 e. The minimum Gasteiger partial charge on any atom is -0.493 e. The minimum absolute atomic E-state index is 0.144. The van der Waals surface area contributed by atoms with Crippen LogP contribution in [0.4, 0.5) is 0 Å². The van der Waals surface area contributed by atoms with Crippen molar-refractivity contribution >= 4 is 0 Å². The maximum atomic E-state index is 10.8. The van der Waals surface area contributed by atoms with Gasteiger partial charge in [0.15, 0.2) is 5.75 Å². The third kappa shape index (κ3) is 3.52. The molecule has 0 fully saturated rings. The maximum Gasteiger partial charge on any atom is 0.162 e. The third-order valence-electron chi connectivity index (χ3n) is 3.27. The summed E-state index contributed by atoms with van der Waals surface area (Å²) >= 11 is 0. The Morgan fingerprint density at radius 2 is 1.95 bits per heavy atom. The summed E-state index contributed by atoms with van der Waals surface area (Å²) in [6.45, 7) is 12.7. The van der Waals surface area contributed by atoms with E-state index in [9.17, 15) is 5.11 Å². The lowest BCUT2D eigenvalue weighted by Gasteiger charge is -2.34. The van der Waals surface area contributed by atoms with Crippen molar-refractivity contribution in [2.45, 2.75) is 59.8 Å². The second kappa shape index (κ2) is 6.59. The lowest BCUT2D eigenvalue weighted by atomic mass is 9.84. The molecule has 0 aromatic carbocycles. The molecule has 1 rings (SSSR count). The molecule has 0 radical (unpaired) electrons. The average Bonchev–Trinajstić information content (AvgIpc) is 2.77. The van der Waals surface area contributed by atoms with E-state index in [1.165, 1.54) is 0 Å². The lowest BCUT2D eigenvalue weighted by Crippen LogP contribution is -2.36. The molecule has 5 heteroatoms. The minimum atomic E-state index is -0.783. The number of methoxy groups -OCH3 is 1. The van der Waals surface area contributed by atoms with Gasteiger partial charge in [-0.05, 0) is 26.2 Å². The first-order valence-corrected chi connectivity index (χ1v) is 7.15. The summed E-state index contributed by atoms with van der Waals surface area (Å²) in [5.41, 5.74) is 0.489. The molecule has 1 heterocycles. The summed E-state index contributed by atoms with van der Waals surface area (Å²) in [7, 11) is 1.59. The standard InChI is InChI=1S/C15H28N2O3/c1-8-20-14(15(4,5)6)13(18)12-11(19-7)9-16-17(12)10(2)3/h9-10,13-14,18H,8H2,1-7H3. The first-order valence-electron chi connectivity index (χ1n) is 7.15. The van der Waals surface area contributed by atoms with Gasteiger partial charge in [0.25, 0.3) is 0 Å². The van der Waals surface area contributed by atoms with Crippen molar-refractivity contribution in [1.29, 1.82) is 0 Å². The first kappa shape index (κ1) is 17.0. The number of hydrogen-bond acceptors (Lipinski definition) is 4. The van der Waals surface area contributed by atoms with Crippen LogP contribution in [0, 0.1) is 5.41 Å². The van der Waals surface area contributed by atoms with Gasteiger partial charge < -0.3 is 14.6 Å². The highest BCUT2D eigenvalue weighted by Crippen LogP contribution is 2.37. The van der Waals surface area contributed by atoms with Gasteiger partial charge in [0.2, 0.25) is 0 Å². The molecular formula is C15H28N2O3. The van der Waals surface area contributed by atoms with Gasteiger partial charge in [0.1, 0.15) is 11.8 Å².